The minimum atomic E-state index is 0.216. The Kier molecular flexibility index (Phi) is 5.51. The van der Waals surface area contributed by atoms with Crippen LogP contribution in [0, 0.1) is 0 Å². The molecule has 2 aliphatic heterocycles. The Morgan fingerprint density at radius 1 is 1.07 bits per heavy atom. The van der Waals surface area contributed by atoms with Crippen LogP contribution in [-0.4, -0.2) is 53.5 Å². The Hall–Kier alpha value is -2.70. The predicted molar refractivity (Wildman–Crippen MR) is 119 cm³/mol. The summed E-state index contributed by atoms with van der Waals surface area (Å²) in [5.74, 6) is 1.19. The van der Waals surface area contributed by atoms with Crippen molar-refractivity contribution in [1.82, 2.24) is 14.8 Å². The molecule has 154 valence electrons. The summed E-state index contributed by atoms with van der Waals surface area (Å²) in [5, 5.41) is 3.22. The van der Waals surface area contributed by atoms with Gasteiger partial charge in [-0.25, -0.2) is 4.98 Å². The monoisotopic (exact) mass is 419 g/mol. The minimum Gasteiger partial charge on any atom is -0.493 e. The van der Waals surface area contributed by atoms with Crippen LogP contribution in [0.25, 0.3) is 10.6 Å². The van der Waals surface area contributed by atoms with E-state index in [4.69, 9.17) is 9.72 Å². The summed E-state index contributed by atoms with van der Waals surface area (Å²) in [4.78, 5) is 21.9. The van der Waals surface area contributed by atoms with E-state index >= 15 is 0 Å². The lowest BCUT2D eigenvalue weighted by atomic mass is 10.1. The predicted octanol–water partition coefficient (Wildman–Crippen LogP) is 3.63. The fraction of sp³-hybridized carbons (Fsp3) is 0.333. The Morgan fingerprint density at radius 3 is 2.73 bits per heavy atom. The maximum absolute atomic E-state index is 12.8. The van der Waals surface area contributed by atoms with E-state index in [-0.39, 0.29) is 5.91 Å². The average molecular weight is 420 g/mol. The lowest BCUT2D eigenvalue weighted by molar-refractivity contribution is -0.132. The number of hydrogen-bond donors (Lipinski definition) is 0. The molecule has 30 heavy (non-hydrogen) atoms. The third-order valence-corrected chi connectivity index (χ3v) is 6.73. The fourth-order valence-corrected chi connectivity index (χ4v) is 4.93. The molecule has 0 N–H and O–H groups in total. The van der Waals surface area contributed by atoms with Crippen molar-refractivity contribution in [2.75, 3.05) is 32.8 Å². The Labute approximate surface area is 180 Å². The fourth-order valence-electron chi connectivity index (χ4n) is 4.11. The van der Waals surface area contributed by atoms with Gasteiger partial charge in [0.25, 0.3) is 0 Å². The van der Waals surface area contributed by atoms with Gasteiger partial charge < -0.3 is 9.64 Å². The van der Waals surface area contributed by atoms with E-state index in [1.54, 1.807) is 11.3 Å². The molecule has 0 bridgehead atoms. The Balaban J connectivity index is 1.13. The van der Waals surface area contributed by atoms with Gasteiger partial charge in [-0.3, -0.25) is 9.69 Å². The van der Waals surface area contributed by atoms with Gasteiger partial charge in [-0.15, -0.1) is 11.3 Å². The lowest BCUT2D eigenvalue weighted by Crippen LogP contribution is -2.48. The normalized spacial score (nSPS) is 16.3. The zero-order valence-corrected chi connectivity index (χ0v) is 17.7. The van der Waals surface area contributed by atoms with E-state index in [1.807, 2.05) is 35.2 Å². The van der Waals surface area contributed by atoms with E-state index in [0.29, 0.717) is 6.42 Å². The second-order valence-corrected chi connectivity index (χ2v) is 8.74. The molecule has 3 heterocycles. The van der Waals surface area contributed by atoms with Crippen LogP contribution in [0.1, 0.15) is 16.8 Å². The number of benzene rings is 2. The van der Waals surface area contributed by atoms with Crippen LogP contribution in [0.2, 0.25) is 0 Å². The highest BCUT2D eigenvalue weighted by atomic mass is 32.1. The minimum absolute atomic E-state index is 0.216. The van der Waals surface area contributed by atoms with Crippen LogP contribution >= 0.6 is 11.3 Å². The van der Waals surface area contributed by atoms with E-state index < -0.39 is 0 Å². The Morgan fingerprint density at radius 2 is 1.90 bits per heavy atom. The van der Waals surface area contributed by atoms with Crippen molar-refractivity contribution in [3.05, 3.63) is 70.7 Å². The Bertz CT molecular complexity index is 1030. The first-order valence-electron chi connectivity index (χ1n) is 10.5. The van der Waals surface area contributed by atoms with Gasteiger partial charge in [-0.1, -0.05) is 42.5 Å². The van der Waals surface area contributed by atoms with Crippen LogP contribution in [-0.2, 0) is 24.2 Å². The number of thiazole rings is 1. The van der Waals surface area contributed by atoms with E-state index in [0.717, 1.165) is 67.8 Å². The SMILES string of the molecule is O=C(Cc1ccc2c(c1)CCO2)N1CCN(Cc2csc(-c3ccccc3)n2)CC1. The number of aromatic nitrogens is 1. The third kappa shape index (κ3) is 4.25. The summed E-state index contributed by atoms with van der Waals surface area (Å²) in [6.45, 7) is 4.94. The molecule has 1 fully saturated rings. The van der Waals surface area contributed by atoms with Crippen LogP contribution in [0.4, 0.5) is 0 Å². The first-order valence-corrected chi connectivity index (χ1v) is 11.4. The number of nitrogens with zero attached hydrogens (tertiary/aromatic N) is 3. The van der Waals surface area contributed by atoms with Crippen LogP contribution in [0.15, 0.2) is 53.9 Å². The number of rotatable bonds is 5. The van der Waals surface area contributed by atoms with Gasteiger partial charge in [0.2, 0.25) is 5.91 Å². The molecule has 6 heteroatoms. The van der Waals surface area contributed by atoms with Gasteiger partial charge in [0, 0.05) is 50.1 Å². The molecule has 1 amide bonds. The number of fused-ring (bicyclic) bond motifs is 1. The number of hydrogen-bond acceptors (Lipinski definition) is 5. The third-order valence-electron chi connectivity index (χ3n) is 5.79. The summed E-state index contributed by atoms with van der Waals surface area (Å²) in [7, 11) is 0. The molecule has 2 aromatic carbocycles. The second kappa shape index (κ2) is 8.58. The molecule has 5 rings (SSSR count). The molecule has 0 saturated carbocycles. The molecule has 2 aliphatic rings. The lowest BCUT2D eigenvalue weighted by Gasteiger charge is -2.34. The molecular weight excluding hydrogens is 394 g/mol. The molecule has 0 unspecified atom stereocenters. The molecular formula is C24H25N3O2S. The highest BCUT2D eigenvalue weighted by Crippen LogP contribution is 2.26. The number of carbonyl (C=O) groups is 1. The molecule has 3 aromatic rings. The van der Waals surface area contributed by atoms with Crippen LogP contribution < -0.4 is 4.74 Å². The smallest absolute Gasteiger partial charge is 0.227 e. The summed E-state index contributed by atoms with van der Waals surface area (Å²) >= 11 is 1.70. The van der Waals surface area contributed by atoms with E-state index in [2.05, 4.69) is 28.5 Å². The van der Waals surface area contributed by atoms with Crippen molar-refractivity contribution < 1.29 is 9.53 Å². The molecule has 1 saturated heterocycles. The summed E-state index contributed by atoms with van der Waals surface area (Å²) in [6.07, 6.45) is 1.42. The quantitative estimate of drug-likeness (QED) is 0.634. The molecule has 0 radical (unpaired) electrons. The van der Waals surface area contributed by atoms with E-state index in [9.17, 15) is 4.79 Å². The molecule has 0 spiro atoms. The first-order chi connectivity index (χ1) is 14.7. The topological polar surface area (TPSA) is 45.7 Å². The summed E-state index contributed by atoms with van der Waals surface area (Å²) in [6, 6.07) is 16.5. The zero-order valence-electron chi connectivity index (χ0n) is 16.9. The van der Waals surface area contributed by atoms with Gasteiger partial charge in [0.1, 0.15) is 10.8 Å². The molecule has 5 nitrogen and oxygen atoms in total. The van der Waals surface area contributed by atoms with Crippen molar-refractivity contribution in [2.24, 2.45) is 0 Å². The number of amides is 1. The van der Waals surface area contributed by atoms with Crippen LogP contribution in [0.3, 0.4) is 0 Å². The standard InChI is InChI=1S/C24H25N3O2S/c28-23(15-18-6-7-22-20(14-18)8-13-29-22)27-11-9-26(10-12-27)16-21-17-30-24(25-21)19-4-2-1-3-5-19/h1-7,14,17H,8-13,15-16H2. The zero-order chi connectivity index (χ0) is 20.3. The average Bonchev–Trinajstić information content (AvgIpc) is 3.44. The highest BCUT2D eigenvalue weighted by molar-refractivity contribution is 7.13. The maximum atomic E-state index is 12.8. The van der Waals surface area contributed by atoms with Gasteiger partial charge >= 0.3 is 0 Å². The molecule has 0 atom stereocenters. The highest BCUT2D eigenvalue weighted by Gasteiger charge is 2.22. The van der Waals surface area contributed by atoms with Crippen molar-refractivity contribution in [1.29, 1.82) is 0 Å². The van der Waals surface area contributed by atoms with Gasteiger partial charge in [0.05, 0.1) is 18.7 Å². The summed E-state index contributed by atoms with van der Waals surface area (Å²) in [5.41, 5.74) is 4.59. The summed E-state index contributed by atoms with van der Waals surface area (Å²) < 4.78 is 5.56. The number of piperazine rings is 1. The van der Waals surface area contributed by atoms with Crippen LogP contribution in [0.5, 0.6) is 5.75 Å². The second-order valence-electron chi connectivity index (χ2n) is 7.88. The first kappa shape index (κ1) is 19.3. The molecule has 0 aliphatic carbocycles. The number of ether oxygens (including phenoxy) is 1. The molecule has 1 aromatic heterocycles. The van der Waals surface area contributed by atoms with Crippen molar-refractivity contribution in [3.63, 3.8) is 0 Å². The largest absolute Gasteiger partial charge is 0.493 e. The van der Waals surface area contributed by atoms with Crippen molar-refractivity contribution in [3.8, 4) is 16.3 Å². The van der Waals surface area contributed by atoms with Crippen molar-refractivity contribution >= 4 is 17.2 Å². The van der Waals surface area contributed by atoms with E-state index in [1.165, 1.54) is 11.1 Å². The van der Waals surface area contributed by atoms with Crippen molar-refractivity contribution in [2.45, 2.75) is 19.4 Å². The number of carbonyl (C=O) groups excluding carboxylic acids is 1. The maximum Gasteiger partial charge on any atom is 0.227 e. The van der Waals surface area contributed by atoms with Gasteiger partial charge in [0.15, 0.2) is 0 Å². The van der Waals surface area contributed by atoms with Gasteiger partial charge in [-0.05, 0) is 17.2 Å². The van der Waals surface area contributed by atoms with Gasteiger partial charge in [-0.2, -0.15) is 0 Å².